The second-order valence-corrected chi connectivity index (χ2v) is 8.51. The van der Waals surface area contributed by atoms with Crippen LogP contribution < -0.4 is 5.32 Å². The van der Waals surface area contributed by atoms with Gasteiger partial charge in [-0.1, -0.05) is 72.3 Å². The summed E-state index contributed by atoms with van der Waals surface area (Å²) in [4.78, 5) is 4.83. The molecule has 2 heterocycles. The molecule has 5 aromatic rings. The van der Waals surface area contributed by atoms with E-state index in [-0.39, 0.29) is 5.75 Å². The Morgan fingerprint density at radius 3 is 2.26 bits per heavy atom. The molecule has 3 nitrogen and oxygen atoms in total. The van der Waals surface area contributed by atoms with Crippen LogP contribution >= 0.6 is 11.3 Å². The summed E-state index contributed by atoms with van der Waals surface area (Å²) >= 11 is 1.73. The van der Waals surface area contributed by atoms with Gasteiger partial charge in [0.25, 0.3) is 0 Å². The summed E-state index contributed by atoms with van der Waals surface area (Å²) in [6, 6.07) is 26.3. The molecular formula is C27H22N2OS. The summed E-state index contributed by atoms with van der Waals surface area (Å²) in [5.41, 5.74) is 6.94. The lowest BCUT2D eigenvalue weighted by molar-refractivity contribution is 0.475. The van der Waals surface area contributed by atoms with Crippen LogP contribution in [0.3, 0.4) is 0 Å². The molecule has 0 saturated heterocycles. The Kier molecular flexibility index (Phi) is 5.14. The molecule has 4 heteroatoms. The van der Waals surface area contributed by atoms with Crippen molar-refractivity contribution < 1.29 is 5.11 Å². The van der Waals surface area contributed by atoms with Crippen LogP contribution in [0.1, 0.15) is 11.1 Å². The number of thiophene rings is 1. The highest BCUT2D eigenvalue weighted by Crippen LogP contribution is 2.42. The summed E-state index contributed by atoms with van der Waals surface area (Å²) < 4.78 is 1.19. The first-order valence-corrected chi connectivity index (χ1v) is 11.1. The first-order valence-electron chi connectivity index (χ1n) is 10.2. The van der Waals surface area contributed by atoms with Crippen LogP contribution in [-0.2, 0) is 6.54 Å². The highest BCUT2D eigenvalue weighted by atomic mass is 32.1. The van der Waals surface area contributed by atoms with E-state index in [0.717, 1.165) is 22.3 Å². The molecule has 0 spiro atoms. The number of benzene rings is 3. The van der Waals surface area contributed by atoms with Crippen molar-refractivity contribution in [2.75, 3.05) is 5.32 Å². The van der Waals surface area contributed by atoms with Gasteiger partial charge >= 0.3 is 0 Å². The van der Waals surface area contributed by atoms with Crippen LogP contribution in [0.4, 0.5) is 5.82 Å². The summed E-state index contributed by atoms with van der Waals surface area (Å²) in [5, 5.41) is 16.6. The average molecular weight is 423 g/mol. The second kappa shape index (κ2) is 8.25. The predicted octanol–water partition coefficient (Wildman–Crippen LogP) is 7.26. The minimum Gasteiger partial charge on any atom is -0.508 e. The average Bonchev–Trinajstić information content (AvgIpc) is 3.25. The van der Waals surface area contributed by atoms with Gasteiger partial charge in [-0.3, -0.25) is 0 Å². The predicted molar refractivity (Wildman–Crippen MR) is 131 cm³/mol. The Bertz CT molecular complexity index is 1320. The minimum absolute atomic E-state index is 0.264. The Morgan fingerprint density at radius 2 is 1.52 bits per heavy atom. The first-order chi connectivity index (χ1) is 15.2. The zero-order chi connectivity index (χ0) is 21.2. The van der Waals surface area contributed by atoms with Gasteiger partial charge in [0, 0.05) is 34.0 Å². The van der Waals surface area contributed by atoms with Gasteiger partial charge in [0.1, 0.15) is 11.6 Å². The van der Waals surface area contributed by atoms with E-state index in [4.69, 9.17) is 4.98 Å². The largest absolute Gasteiger partial charge is 0.508 e. The number of aromatic hydroxyl groups is 1. The van der Waals surface area contributed by atoms with Gasteiger partial charge in [0.15, 0.2) is 0 Å². The first kappa shape index (κ1) is 19.3. The number of hydrogen-bond acceptors (Lipinski definition) is 4. The number of nitrogens with zero attached hydrogens (tertiary/aromatic N) is 1. The maximum absolute atomic E-state index is 9.69. The highest BCUT2D eigenvalue weighted by Gasteiger charge is 2.16. The number of phenols is 1. The third-order valence-electron chi connectivity index (χ3n) is 5.44. The fourth-order valence-electron chi connectivity index (χ4n) is 3.75. The molecule has 0 atom stereocenters. The van der Waals surface area contributed by atoms with Gasteiger partial charge in [0.2, 0.25) is 0 Å². The molecule has 0 amide bonds. The number of phenolic OH excluding ortho intramolecular Hbond substituents is 1. The van der Waals surface area contributed by atoms with E-state index in [0.29, 0.717) is 6.54 Å². The van der Waals surface area contributed by atoms with Crippen LogP contribution in [0.2, 0.25) is 0 Å². The molecule has 0 radical (unpaired) electrons. The van der Waals surface area contributed by atoms with Gasteiger partial charge in [-0.25, -0.2) is 4.98 Å². The molecule has 0 aliphatic rings. The van der Waals surface area contributed by atoms with Crippen molar-refractivity contribution in [3.8, 4) is 28.0 Å². The normalized spacial score (nSPS) is 11.0. The van der Waals surface area contributed by atoms with Crippen molar-refractivity contribution in [1.29, 1.82) is 0 Å². The smallest absolute Gasteiger partial charge is 0.135 e. The molecule has 0 bridgehead atoms. The van der Waals surface area contributed by atoms with E-state index < -0.39 is 0 Å². The topological polar surface area (TPSA) is 45.2 Å². The highest BCUT2D eigenvalue weighted by molar-refractivity contribution is 7.18. The number of aromatic nitrogens is 1. The van der Waals surface area contributed by atoms with Crippen LogP contribution in [0.15, 0.2) is 90.4 Å². The molecule has 3 aromatic carbocycles. The molecule has 2 aromatic heterocycles. The van der Waals surface area contributed by atoms with E-state index in [2.05, 4.69) is 66.2 Å². The Labute approximate surface area is 185 Å². The fraction of sp³-hybridized carbons (Fsp3) is 0.0741. The standard InChI is InChI=1S/C27H22N2OS/c1-18-7-9-21(10-8-18)24-17-31-26-23(20-11-13-22(30)14-12-20)16-29-27(25(24)26)28-15-19-5-3-2-4-6-19/h2-14,16-17,30H,15H2,1H3,(H,28,29). The molecular weight excluding hydrogens is 400 g/mol. The number of nitrogens with one attached hydrogen (secondary N) is 1. The van der Waals surface area contributed by atoms with Gasteiger partial charge < -0.3 is 10.4 Å². The van der Waals surface area contributed by atoms with Gasteiger partial charge in [-0.15, -0.1) is 11.3 Å². The molecule has 0 aliphatic heterocycles. The Balaban J connectivity index is 1.65. The monoisotopic (exact) mass is 422 g/mol. The Hall–Kier alpha value is -3.63. The van der Waals surface area contributed by atoms with E-state index in [1.807, 2.05) is 24.4 Å². The SMILES string of the molecule is Cc1ccc(-c2csc3c(-c4ccc(O)cc4)cnc(NCc4ccccc4)c23)cc1. The van der Waals surface area contributed by atoms with Crippen LogP contribution in [-0.4, -0.2) is 10.1 Å². The maximum Gasteiger partial charge on any atom is 0.135 e. The number of hydrogen-bond donors (Lipinski definition) is 2. The summed E-state index contributed by atoms with van der Waals surface area (Å²) in [5.74, 6) is 1.15. The molecule has 0 fully saturated rings. The third kappa shape index (κ3) is 3.90. The number of fused-ring (bicyclic) bond motifs is 1. The van der Waals surface area contributed by atoms with Gasteiger partial charge in [0.05, 0.1) is 0 Å². The number of anilines is 1. The number of pyridine rings is 1. The second-order valence-electron chi connectivity index (χ2n) is 7.63. The lowest BCUT2D eigenvalue weighted by atomic mass is 10.0. The van der Waals surface area contributed by atoms with Crippen molar-refractivity contribution in [1.82, 2.24) is 4.98 Å². The van der Waals surface area contributed by atoms with E-state index >= 15 is 0 Å². The van der Waals surface area contributed by atoms with Gasteiger partial charge in [-0.2, -0.15) is 0 Å². The molecule has 0 saturated carbocycles. The molecule has 0 unspecified atom stereocenters. The molecule has 5 rings (SSSR count). The molecule has 152 valence electrons. The lowest BCUT2D eigenvalue weighted by Crippen LogP contribution is -2.02. The number of aryl methyl sites for hydroxylation is 1. The zero-order valence-corrected chi connectivity index (χ0v) is 18.0. The molecule has 2 N–H and O–H groups in total. The summed E-state index contributed by atoms with van der Waals surface area (Å²) in [7, 11) is 0. The Morgan fingerprint density at radius 1 is 0.839 bits per heavy atom. The van der Waals surface area contributed by atoms with Crippen LogP contribution in [0.25, 0.3) is 32.3 Å². The van der Waals surface area contributed by atoms with E-state index in [1.165, 1.54) is 27.0 Å². The van der Waals surface area contributed by atoms with Crippen LogP contribution in [0, 0.1) is 6.92 Å². The fourth-order valence-corrected chi connectivity index (χ4v) is 4.86. The summed E-state index contributed by atoms with van der Waals surface area (Å²) in [6.07, 6.45) is 1.93. The van der Waals surface area contributed by atoms with Crippen molar-refractivity contribution in [2.45, 2.75) is 13.5 Å². The summed E-state index contributed by atoms with van der Waals surface area (Å²) in [6.45, 7) is 2.82. The molecule has 0 aliphatic carbocycles. The lowest BCUT2D eigenvalue weighted by Gasteiger charge is -2.12. The van der Waals surface area contributed by atoms with Crippen molar-refractivity contribution in [3.63, 3.8) is 0 Å². The zero-order valence-electron chi connectivity index (χ0n) is 17.2. The van der Waals surface area contributed by atoms with Crippen LogP contribution in [0.5, 0.6) is 5.75 Å². The van der Waals surface area contributed by atoms with Crippen molar-refractivity contribution in [3.05, 3.63) is 102 Å². The maximum atomic E-state index is 9.69. The quantitative estimate of drug-likeness (QED) is 0.313. The van der Waals surface area contributed by atoms with Gasteiger partial charge in [-0.05, 0) is 41.1 Å². The van der Waals surface area contributed by atoms with Crippen molar-refractivity contribution >= 4 is 27.2 Å². The van der Waals surface area contributed by atoms with E-state index in [1.54, 1.807) is 23.5 Å². The number of rotatable bonds is 5. The minimum atomic E-state index is 0.264. The molecule has 31 heavy (non-hydrogen) atoms. The van der Waals surface area contributed by atoms with E-state index in [9.17, 15) is 5.11 Å². The third-order valence-corrected chi connectivity index (χ3v) is 6.45. The van der Waals surface area contributed by atoms with Crippen molar-refractivity contribution in [2.24, 2.45) is 0 Å².